The van der Waals surface area contributed by atoms with E-state index in [4.69, 9.17) is 17.2 Å². The van der Waals surface area contributed by atoms with Crippen LogP contribution in [0.3, 0.4) is 0 Å². The molecule has 1 unspecified atom stereocenters. The van der Waals surface area contributed by atoms with E-state index in [2.05, 4.69) is 15.3 Å². The highest BCUT2D eigenvalue weighted by Gasteiger charge is 2.37. The van der Waals surface area contributed by atoms with Gasteiger partial charge >= 0.3 is 6.18 Å². The molecule has 4 aromatic rings. The lowest BCUT2D eigenvalue weighted by Gasteiger charge is -2.34. The minimum absolute atomic E-state index is 0.0220. The molecule has 5 rings (SSSR count). The van der Waals surface area contributed by atoms with E-state index in [9.17, 15) is 23.1 Å². The highest BCUT2D eigenvalue weighted by atomic mass is 32.1. The Hall–Kier alpha value is -3.94. The number of pyridine rings is 2. The summed E-state index contributed by atoms with van der Waals surface area (Å²) in [4.78, 5) is 22.1. The number of nitrogen functional groups attached to an aromatic ring is 2. The molecule has 4 heterocycles. The molecule has 13 heteroatoms. The van der Waals surface area contributed by atoms with Gasteiger partial charge in [-0.3, -0.25) is 9.78 Å². The van der Waals surface area contributed by atoms with Gasteiger partial charge in [-0.1, -0.05) is 18.2 Å². The van der Waals surface area contributed by atoms with Crippen molar-refractivity contribution in [1.29, 1.82) is 0 Å². The lowest BCUT2D eigenvalue weighted by molar-refractivity contribution is -0.136. The van der Waals surface area contributed by atoms with E-state index in [-0.39, 0.29) is 39.2 Å². The Morgan fingerprint density at radius 2 is 1.90 bits per heavy atom. The lowest BCUT2D eigenvalue weighted by Crippen LogP contribution is -2.44. The van der Waals surface area contributed by atoms with Gasteiger partial charge < -0.3 is 32.5 Å². The maximum Gasteiger partial charge on any atom is 0.417 e. The van der Waals surface area contributed by atoms with Crippen molar-refractivity contribution in [2.24, 2.45) is 5.73 Å². The number of aliphatic hydroxyl groups excluding tert-OH is 1. The Morgan fingerprint density at radius 1 is 1.15 bits per heavy atom. The number of carbonyl (C=O) groups is 1. The second-order valence-electron chi connectivity index (χ2n) is 9.70. The summed E-state index contributed by atoms with van der Waals surface area (Å²) in [7, 11) is 0. The first kappa shape index (κ1) is 27.6. The number of carbonyl (C=O) groups excluding carboxylic acids is 1. The van der Waals surface area contributed by atoms with Gasteiger partial charge in [0.25, 0.3) is 5.91 Å². The van der Waals surface area contributed by atoms with Crippen LogP contribution < -0.4 is 27.4 Å². The van der Waals surface area contributed by atoms with Gasteiger partial charge in [0.1, 0.15) is 21.6 Å². The predicted molar refractivity (Wildman–Crippen MR) is 150 cm³/mol. The molecule has 1 saturated heterocycles. The number of halogens is 3. The van der Waals surface area contributed by atoms with Crippen molar-refractivity contribution in [3.05, 3.63) is 64.8 Å². The smallest absolute Gasteiger partial charge is 0.399 e. The molecule has 40 heavy (non-hydrogen) atoms. The number of primary amides is 1. The molecule has 0 aliphatic carbocycles. The molecule has 1 amide bonds. The average molecular weight is 572 g/mol. The third kappa shape index (κ3) is 5.67. The molecule has 9 nitrogen and oxygen atoms in total. The molecule has 0 radical (unpaired) electrons. The van der Waals surface area contributed by atoms with Gasteiger partial charge in [0.05, 0.1) is 16.9 Å². The summed E-state index contributed by atoms with van der Waals surface area (Å²) < 4.78 is 41.7. The van der Waals surface area contributed by atoms with Gasteiger partial charge in [-0.2, -0.15) is 13.2 Å². The van der Waals surface area contributed by atoms with Crippen LogP contribution in [-0.2, 0) is 6.18 Å². The highest BCUT2D eigenvalue weighted by molar-refractivity contribution is 7.21. The molecule has 1 aromatic carbocycles. The molecule has 1 atom stereocenters. The standard InChI is InChI=1S/C27H28F3N7O2S/c28-27(29,30)18-11-21(36-26-22(18)23(32)24(40-26)25(33)39)37-8-6-17(7-9-37)34-13-20(38)19-5-4-15(12-35-19)14-2-1-3-16(31)10-14/h1-5,10-12,17,20,34,38H,6-9,13,31-32H2,(H2,33,39). The third-order valence-corrected chi connectivity index (χ3v) is 8.10. The van der Waals surface area contributed by atoms with E-state index in [1.54, 1.807) is 23.2 Å². The number of rotatable bonds is 7. The monoisotopic (exact) mass is 571 g/mol. The molecule has 0 spiro atoms. The van der Waals surface area contributed by atoms with Gasteiger partial charge in [0, 0.05) is 48.5 Å². The zero-order valence-electron chi connectivity index (χ0n) is 21.3. The van der Waals surface area contributed by atoms with Gasteiger partial charge in [-0.25, -0.2) is 4.98 Å². The first-order valence-corrected chi connectivity index (χ1v) is 13.4. The van der Waals surface area contributed by atoms with Crippen LogP contribution >= 0.6 is 11.3 Å². The lowest BCUT2D eigenvalue weighted by atomic mass is 10.0. The van der Waals surface area contributed by atoms with Crippen molar-refractivity contribution >= 4 is 44.7 Å². The number of nitrogens with zero attached hydrogens (tertiary/aromatic N) is 3. The predicted octanol–water partition coefficient (Wildman–Crippen LogP) is 3.93. The fourth-order valence-corrected chi connectivity index (χ4v) is 5.83. The van der Waals surface area contributed by atoms with Gasteiger partial charge in [-0.15, -0.1) is 11.3 Å². The number of piperidine rings is 1. The first-order chi connectivity index (χ1) is 19.0. The number of benzene rings is 1. The number of amides is 1. The highest BCUT2D eigenvalue weighted by Crippen LogP contribution is 2.43. The number of fused-ring (bicyclic) bond motifs is 1. The second kappa shape index (κ2) is 10.9. The molecule has 1 aliphatic rings. The zero-order valence-corrected chi connectivity index (χ0v) is 22.1. The van der Waals surface area contributed by atoms with E-state index in [1.807, 2.05) is 24.3 Å². The molecule has 0 bridgehead atoms. The number of alkyl halides is 3. The number of hydrogen-bond acceptors (Lipinski definition) is 9. The van der Waals surface area contributed by atoms with Crippen LogP contribution in [0.2, 0.25) is 0 Å². The van der Waals surface area contributed by atoms with Crippen molar-refractivity contribution in [2.75, 3.05) is 36.0 Å². The van der Waals surface area contributed by atoms with Crippen molar-refractivity contribution in [1.82, 2.24) is 15.3 Å². The number of thiophene rings is 1. The molecular formula is C27H28F3N7O2S. The van der Waals surface area contributed by atoms with Crippen molar-refractivity contribution < 1.29 is 23.1 Å². The molecule has 3 aromatic heterocycles. The summed E-state index contributed by atoms with van der Waals surface area (Å²) in [5.74, 6) is -0.725. The summed E-state index contributed by atoms with van der Waals surface area (Å²) in [6.45, 7) is 1.20. The van der Waals surface area contributed by atoms with Gasteiger partial charge in [0.2, 0.25) is 0 Å². The maximum absolute atomic E-state index is 13.9. The summed E-state index contributed by atoms with van der Waals surface area (Å²) in [5.41, 5.74) is 18.8. The molecule has 8 N–H and O–H groups in total. The Labute approximate surface area is 231 Å². The molecule has 1 aliphatic heterocycles. The number of aromatic nitrogens is 2. The van der Waals surface area contributed by atoms with Crippen LogP contribution in [0, 0.1) is 0 Å². The Morgan fingerprint density at radius 3 is 2.52 bits per heavy atom. The maximum atomic E-state index is 13.9. The summed E-state index contributed by atoms with van der Waals surface area (Å²) in [6.07, 6.45) is -2.55. The van der Waals surface area contributed by atoms with Crippen LogP contribution in [0.4, 0.5) is 30.4 Å². The van der Waals surface area contributed by atoms with Crippen LogP contribution in [0.25, 0.3) is 21.3 Å². The Kier molecular flexibility index (Phi) is 7.53. The van der Waals surface area contributed by atoms with Crippen LogP contribution in [0.15, 0.2) is 48.7 Å². The Bertz CT molecular complexity index is 1530. The zero-order chi connectivity index (χ0) is 28.6. The number of hydrogen-bond donors (Lipinski definition) is 5. The van der Waals surface area contributed by atoms with E-state index < -0.39 is 23.8 Å². The van der Waals surface area contributed by atoms with E-state index in [0.29, 0.717) is 37.3 Å². The van der Waals surface area contributed by atoms with Crippen molar-refractivity contribution in [3.63, 3.8) is 0 Å². The molecule has 1 fully saturated rings. The van der Waals surface area contributed by atoms with E-state index in [1.165, 1.54) is 0 Å². The topological polar surface area (TPSA) is 156 Å². The van der Waals surface area contributed by atoms with Crippen LogP contribution in [0.5, 0.6) is 0 Å². The average Bonchev–Trinajstić information content (AvgIpc) is 3.27. The largest absolute Gasteiger partial charge is 0.417 e. The SMILES string of the molecule is NC(=O)c1sc2nc(N3CCC(NCC(O)c4ccc(-c5cccc(N)c5)cn4)CC3)cc(C(F)(F)F)c2c1N. The van der Waals surface area contributed by atoms with Crippen molar-refractivity contribution in [2.45, 2.75) is 31.2 Å². The van der Waals surface area contributed by atoms with Gasteiger partial charge in [-0.05, 0) is 42.7 Å². The first-order valence-electron chi connectivity index (χ1n) is 12.6. The van der Waals surface area contributed by atoms with E-state index in [0.717, 1.165) is 28.5 Å². The molecule has 0 saturated carbocycles. The van der Waals surface area contributed by atoms with Crippen LogP contribution in [-0.4, -0.2) is 46.7 Å². The number of anilines is 3. The number of nitrogens with two attached hydrogens (primary N) is 3. The van der Waals surface area contributed by atoms with Gasteiger partial charge in [0.15, 0.2) is 0 Å². The minimum atomic E-state index is -4.68. The van der Waals surface area contributed by atoms with E-state index >= 15 is 0 Å². The van der Waals surface area contributed by atoms with Crippen LogP contribution in [0.1, 0.15) is 39.9 Å². The third-order valence-electron chi connectivity index (χ3n) is 6.98. The summed E-state index contributed by atoms with van der Waals surface area (Å²) >= 11 is 0.761. The quantitative estimate of drug-likeness (QED) is 0.209. The number of nitrogens with one attached hydrogen (secondary N) is 1. The fourth-order valence-electron chi connectivity index (χ4n) is 4.86. The van der Waals surface area contributed by atoms with Crippen molar-refractivity contribution in [3.8, 4) is 11.1 Å². The Balaban J connectivity index is 1.22. The fraction of sp³-hybridized carbons (Fsp3) is 0.296. The minimum Gasteiger partial charge on any atom is -0.399 e. The normalized spacial score (nSPS) is 15.4. The molecular weight excluding hydrogens is 543 g/mol. The molecule has 210 valence electrons. The second-order valence-corrected chi connectivity index (χ2v) is 10.7. The number of aliphatic hydroxyl groups is 1. The summed E-state index contributed by atoms with van der Waals surface area (Å²) in [5, 5.41) is 13.7. The summed E-state index contributed by atoms with van der Waals surface area (Å²) in [6, 6.07) is 12.1.